The van der Waals surface area contributed by atoms with Crippen LogP contribution in [-0.4, -0.2) is 20.1 Å². The van der Waals surface area contributed by atoms with Crippen LogP contribution in [-0.2, 0) is 0 Å². The monoisotopic (exact) mass is 229 g/mol. The number of para-hydroxylation sites is 1. The van der Waals surface area contributed by atoms with E-state index in [9.17, 15) is 8.78 Å². The van der Waals surface area contributed by atoms with E-state index < -0.39 is 12.5 Å². The lowest BCUT2D eigenvalue weighted by molar-refractivity contribution is 0.100. The Hall–Kier alpha value is -1.16. The number of alkyl halides is 2. The van der Waals surface area contributed by atoms with Gasteiger partial charge in [-0.25, -0.2) is 8.78 Å². The number of hydrogen-bond donors (Lipinski definition) is 1. The molecule has 0 saturated carbocycles. The molecule has 0 heterocycles. The van der Waals surface area contributed by atoms with E-state index in [2.05, 4.69) is 5.32 Å². The molecule has 1 rings (SSSR count). The van der Waals surface area contributed by atoms with Crippen molar-refractivity contribution in [3.63, 3.8) is 0 Å². The zero-order valence-electron chi connectivity index (χ0n) is 9.54. The van der Waals surface area contributed by atoms with Crippen molar-refractivity contribution in [2.24, 2.45) is 0 Å². The first kappa shape index (κ1) is 12.9. The molecule has 1 aromatic rings. The summed E-state index contributed by atoms with van der Waals surface area (Å²) in [5.41, 5.74) is 0.508. The van der Waals surface area contributed by atoms with E-state index in [1.54, 1.807) is 24.3 Å². The summed E-state index contributed by atoms with van der Waals surface area (Å²) in [6.07, 6.45) is -1.59. The van der Waals surface area contributed by atoms with Crippen molar-refractivity contribution >= 4 is 0 Å². The molecule has 0 bridgehead atoms. The minimum absolute atomic E-state index is 0.508. The summed E-state index contributed by atoms with van der Waals surface area (Å²) in [4.78, 5) is 0. The summed E-state index contributed by atoms with van der Waals surface area (Å²) in [6.45, 7) is 2.52. The molecule has 16 heavy (non-hydrogen) atoms. The van der Waals surface area contributed by atoms with Gasteiger partial charge in [-0.3, -0.25) is 0 Å². The number of halogens is 2. The molecule has 0 aromatic heterocycles. The first-order valence-electron chi connectivity index (χ1n) is 5.37. The van der Waals surface area contributed by atoms with Gasteiger partial charge in [0.05, 0.1) is 12.6 Å². The van der Waals surface area contributed by atoms with Gasteiger partial charge in [0.15, 0.2) is 0 Å². The fourth-order valence-corrected chi connectivity index (χ4v) is 1.50. The van der Waals surface area contributed by atoms with Gasteiger partial charge >= 0.3 is 0 Å². The molecule has 0 spiro atoms. The number of benzene rings is 1. The summed E-state index contributed by atoms with van der Waals surface area (Å²) in [7, 11) is 1.52. The van der Waals surface area contributed by atoms with Gasteiger partial charge in [0.2, 0.25) is 0 Å². The second-order valence-electron chi connectivity index (χ2n) is 3.49. The molecule has 0 aliphatic heterocycles. The van der Waals surface area contributed by atoms with Crippen molar-refractivity contribution in [2.75, 3.05) is 13.7 Å². The molecule has 0 fully saturated rings. The van der Waals surface area contributed by atoms with E-state index in [1.165, 1.54) is 7.05 Å². The lowest BCUT2D eigenvalue weighted by Crippen LogP contribution is -2.24. The van der Waals surface area contributed by atoms with Gasteiger partial charge in [0, 0.05) is 5.56 Å². The Kier molecular flexibility index (Phi) is 5.19. The van der Waals surface area contributed by atoms with E-state index in [0.717, 1.165) is 6.42 Å². The molecule has 1 unspecified atom stereocenters. The zero-order chi connectivity index (χ0) is 12.0. The van der Waals surface area contributed by atoms with Crippen LogP contribution < -0.4 is 10.1 Å². The second kappa shape index (κ2) is 6.43. The van der Waals surface area contributed by atoms with Crippen molar-refractivity contribution in [3.8, 4) is 5.75 Å². The van der Waals surface area contributed by atoms with Gasteiger partial charge < -0.3 is 10.1 Å². The first-order chi connectivity index (χ1) is 7.70. The van der Waals surface area contributed by atoms with Crippen LogP contribution in [0.15, 0.2) is 24.3 Å². The van der Waals surface area contributed by atoms with E-state index >= 15 is 0 Å². The topological polar surface area (TPSA) is 21.3 Å². The van der Waals surface area contributed by atoms with Crippen molar-refractivity contribution in [1.82, 2.24) is 5.32 Å². The van der Waals surface area contributed by atoms with Crippen LogP contribution in [0.25, 0.3) is 0 Å². The minimum Gasteiger partial charge on any atom is -0.493 e. The Morgan fingerprint density at radius 1 is 1.31 bits per heavy atom. The molecule has 0 radical (unpaired) electrons. The summed E-state index contributed by atoms with van der Waals surface area (Å²) in [5, 5.41) is 2.60. The molecule has 2 nitrogen and oxygen atoms in total. The van der Waals surface area contributed by atoms with Crippen LogP contribution in [0.3, 0.4) is 0 Å². The van der Waals surface area contributed by atoms with Gasteiger partial charge in [0.25, 0.3) is 6.43 Å². The highest BCUT2D eigenvalue weighted by molar-refractivity contribution is 5.36. The van der Waals surface area contributed by atoms with Gasteiger partial charge in [-0.05, 0) is 19.5 Å². The molecular weight excluding hydrogens is 212 g/mol. The Morgan fingerprint density at radius 2 is 2.00 bits per heavy atom. The fourth-order valence-electron chi connectivity index (χ4n) is 1.50. The van der Waals surface area contributed by atoms with Crippen LogP contribution >= 0.6 is 0 Å². The third-order valence-electron chi connectivity index (χ3n) is 2.28. The quantitative estimate of drug-likeness (QED) is 0.809. The molecular formula is C12H17F2NO. The summed E-state index contributed by atoms with van der Waals surface area (Å²) in [6, 6.07) is 5.93. The number of nitrogens with one attached hydrogen (secondary N) is 1. The molecule has 1 aromatic carbocycles. The van der Waals surface area contributed by atoms with Gasteiger partial charge in [-0.2, -0.15) is 0 Å². The predicted molar refractivity (Wildman–Crippen MR) is 60.0 cm³/mol. The summed E-state index contributed by atoms with van der Waals surface area (Å²) in [5.74, 6) is 0.531. The summed E-state index contributed by atoms with van der Waals surface area (Å²) < 4.78 is 31.0. The number of rotatable bonds is 6. The van der Waals surface area contributed by atoms with Gasteiger partial charge in [0.1, 0.15) is 5.75 Å². The second-order valence-corrected chi connectivity index (χ2v) is 3.49. The normalized spacial score (nSPS) is 12.8. The van der Waals surface area contributed by atoms with Gasteiger partial charge in [-0.15, -0.1) is 0 Å². The molecule has 0 saturated heterocycles. The minimum atomic E-state index is -2.45. The third kappa shape index (κ3) is 3.17. The highest BCUT2D eigenvalue weighted by Crippen LogP contribution is 2.28. The van der Waals surface area contributed by atoms with E-state index in [1.807, 2.05) is 6.92 Å². The Bertz CT molecular complexity index is 318. The summed E-state index contributed by atoms with van der Waals surface area (Å²) >= 11 is 0. The highest BCUT2D eigenvalue weighted by atomic mass is 19.3. The van der Waals surface area contributed by atoms with Crippen molar-refractivity contribution in [2.45, 2.75) is 25.8 Å². The van der Waals surface area contributed by atoms with Crippen LogP contribution in [0, 0.1) is 0 Å². The van der Waals surface area contributed by atoms with Crippen LogP contribution in [0.2, 0.25) is 0 Å². The Balaban J connectivity index is 2.91. The van der Waals surface area contributed by atoms with Crippen molar-refractivity contribution < 1.29 is 13.5 Å². The standard InChI is InChI=1S/C12H17F2NO/c1-3-8-16-10-7-5-4-6-9(10)11(15-2)12(13)14/h4-7,11-12,15H,3,8H2,1-2H3. The van der Waals surface area contributed by atoms with Crippen molar-refractivity contribution in [3.05, 3.63) is 29.8 Å². The maximum atomic E-state index is 12.8. The van der Waals surface area contributed by atoms with E-state index in [0.29, 0.717) is 17.9 Å². The SMILES string of the molecule is CCCOc1ccccc1C(NC)C(F)F. The average molecular weight is 229 g/mol. The first-order valence-corrected chi connectivity index (χ1v) is 5.37. The Labute approximate surface area is 94.6 Å². The molecule has 0 aliphatic rings. The lowest BCUT2D eigenvalue weighted by atomic mass is 10.1. The molecule has 90 valence electrons. The molecule has 0 aliphatic carbocycles. The number of hydrogen-bond acceptors (Lipinski definition) is 2. The molecule has 1 atom stereocenters. The highest BCUT2D eigenvalue weighted by Gasteiger charge is 2.23. The van der Waals surface area contributed by atoms with Crippen LogP contribution in [0.5, 0.6) is 5.75 Å². The molecule has 1 N–H and O–H groups in total. The van der Waals surface area contributed by atoms with Crippen molar-refractivity contribution in [1.29, 1.82) is 0 Å². The lowest BCUT2D eigenvalue weighted by Gasteiger charge is -2.19. The molecule has 0 amide bonds. The van der Waals surface area contributed by atoms with Crippen LogP contribution in [0.4, 0.5) is 8.78 Å². The van der Waals surface area contributed by atoms with Gasteiger partial charge in [-0.1, -0.05) is 25.1 Å². The predicted octanol–water partition coefficient (Wildman–Crippen LogP) is 3.00. The van der Waals surface area contributed by atoms with E-state index in [-0.39, 0.29) is 0 Å². The maximum absolute atomic E-state index is 12.8. The Morgan fingerprint density at radius 3 is 2.56 bits per heavy atom. The number of ether oxygens (including phenoxy) is 1. The third-order valence-corrected chi connectivity index (χ3v) is 2.28. The maximum Gasteiger partial charge on any atom is 0.257 e. The average Bonchev–Trinajstić information content (AvgIpc) is 2.28. The smallest absolute Gasteiger partial charge is 0.257 e. The van der Waals surface area contributed by atoms with Crippen LogP contribution in [0.1, 0.15) is 24.9 Å². The molecule has 4 heteroatoms. The largest absolute Gasteiger partial charge is 0.493 e. The zero-order valence-corrected chi connectivity index (χ0v) is 9.54. The fraction of sp³-hybridized carbons (Fsp3) is 0.500. The van der Waals surface area contributed by atoms with E-state index in [4.69, 9.17) is 4.74 Å².